The number of halogens is 2. The Kier molecular flexibility index (Phi) is 6.71. The quantitative estimate of drug-likeness (QED) is 0.352. The van der Waals surface area contributed by atoms with E-state index in [4.69, 9.17) is 10.5 Å². The number of hydrogen-bond acceptors (Lipinski definition) is 7. The van der Waals surface area contributed by atoms with Crippen molar-refractivity contribution >= 4 is 11.0 Å². The van der Waals surface area contributed by atoms with E-state index in [1.54, 1.807) is 10.9 Å². The minimum atomic E-state index is -1.25. The molecular formula is C24H27F2N7O2. The van der Waals surface area contributed by atoms with Gasteiger partial charge in [0.15, 0.2) is 0 Å². The van der Waals surface area contributed by atoms with Crippen LogP contribution in [-0.2, 0) is 6.61 Å². The van der Waals surface area contributed by atoms with Gasteiger partial charge < -0.3 is 20.6 Å². The van der Waals surface area contributed by atoms with Crippen molar-refractivity contribution in [2.24, 2.45) is 5.73 Å². The molecule has 4 heterocycles. The summed E-state index contributed by atoms with van der Waals surface area (Å²) in [6.45, 7) is 1.34. The minimum Gasteiger partial charge on any atom is -0.487 e. The third-order valence-corrected chi connectivity index (χ3v) is 6.31. The predicted octanol–water partition coefficient (Wildman–Crippen LogP) is 2.44. The third kappa shape index (κ3) is 5.02. The number of nitrogens with two attached hydrogens (primary N) is 1. The average molecular weight is 484 g/mol. The van der Waals surface area contributed by atoms with Crippen LogP contribution in [0.25, 0.3) is 22.3 Å². The first-order valence-electron chi connectivity index (χ1n) is 11.5. The van der Waals surface area contributed by atoms with E-state index in [9.17, 15) is 13.9 Å². The highest BCUT2D eigenvalue weighted by Crippen LogP contribution is 2.27. The molecular weight excluding hydrogens is 456 g/mol. The van der Waals surface area contributed by atoms with Gasteiger partial charge in [0.1, 0.15) is 35.8 Å². The Balaban J connectivity index is 1.23. The molecule has 4 aromatic rings. The molecule has 0 bridgehead atoms. The van der Waals surface area contributed by atoms with Gasteiger partial charge in [-0.05, 0) is 30.2 Å². The fourth-order valence-electron chi connectivity index (χ4n) is 4.53. The monoisotopic (exact) mass is 483 g/mol. The molecule has 0 aliphatic carbocycles. The number of ether oxygens (including phenoxy) is 1. The van der Waals surface area contributed by atoms with Crippen molar-refractivity contribution in [2.45, 2.75) is 31.3 Å². The minimum absolute atomic E-state index is 0.146. The highest BCUT2D eigenvalue weighted by atomic mass is 19.1. The molecule has 5 rings (SSSR count). The lowest BCUT2D eigenvalue weighted by Crippen LogP contribution is -2.49. The van der Waals surface area contributed by atoms with E-state index in [0.717, 1.165) is 22.3 Å². The molecule has 0 amide bonds. The number of aliphatic hydroxyl groups excluding tert-OH is 1. The van der Waals surface area contributed by atoms with Crippen molar-refractivity contribution in [3.05, 3.63) is 60.6 Å². The van der Waals surface area contributed by atoms with Crippen LogP contribution in [0, 0.1) is 5.82 Å². The largest absolute Gasteiger partial charge is 0.487 e. The fraction of sp³-hybridized carbons (Fsp3) is 0.375. The number of fused-ring (bicyclic) bond motifs is 1. The number of aromatic amines is 1. The summed E-state index contributed by atoms with van der Waals surface area (Å²) < 4.78 is 36.2. The summed E-state index contributed by atoms with van der Waals surface area (Å²) >= 11 is 0. The first-order valence-corrected chi connectivity index (χ1v) is 11.5. The van der Waals surface area contributed by atoms with Crippen LogP contribution in [0.1, 0.15) is 18.0 Å². The van der Waals surface area contributed by atoms with Gasteiger partial charge in [-0.25, -0.2) is 18.7 Å². The number of piperidine rings is 1. The molecule has 0 saturated carbocycles. The first kappa shape index (κ1) is 23.3. The normalized spacial score (nSPS) is 19.8. The SMILES string of the molecule is NCC(CN1CCC(Oc2cc(F)cc(CO)c2)C(F)C1)n1cc(-c2ncnc3[nH]ccc23)cn1. The molecule has 0 radical (unpaired) electrons. The van der Waals surface area contributed by atoms with Gasteiger partial charge in [0.05, 0.1) is 24.5 Å². The van der Waals surface area contributed by atoms with Crippen LogP contribution in [0.15, 0.2) is 49.2 Å². The molecule has 1 fully saturated rings. The Labute approximate surface area is 200 Å². The molecule has 1 saturated heterocycles. The van der Waals surface area contributed by atoms with E-state index >= 15 is 0 Å². The van der Waals surface area contributed by atoms with Gasteiger partial charge >= 0.3 is 0 Å². The van der Waals surface area contributed by atoms with Crippen LogP contribution >= 0.6 is 0 Å². The second kappa shape index (κ2) is 10.1. The fourth-order valence-corrected chi connectivity index (χ4v) is 4.53. The van der Waals surface area contributed by atoms with Crippen molar-refractivity contribution in [1.29, 1.82) is 0 Å². The van der Waals surface area contributed by atoms with E-state index in [0.29, 0.717) is 31.6 Å². The molecule has 3 atom stereocenters. The molecule has 11 heteroatoms. The molecule has 1 aliphatic heterocycles. The molecule has 1 aliphatic rings. The van der Waals surface area contributed by atoms with Gasteiger partial charge in [0.25, 0.3) is 0 Å². The molecule has 0 spiro atoms. The number of nitrogens with one attached hydrogen (secondary N) is 1. The van der Waals surface area contributed by atoms with Crippen LogP contribution in [0.4, 0.5) is 8.78 Å². The summed E-state index contributed by atoms with van der Waals surface area (Å²) in [5.41, 5.74) is 8.83. The molecule has 35 heavy (non-hydrogen) atoms. The Morgan fingerprint density at radius 1 is 1.29 bits per heavy atom. The number of aliphatic hydroxyl groups is 1. The van der Waals surface area contributed by atoms with Crippen LogP contribution < -0.4 is 10.5 Å². The molecule has 3 unspecified atom stereocenters. The van der Waals surface area contributed by atoms with Crippen molar-refractivity contribution in [2.75, 3.05) is 26.2 Å². The van der Waals surface area contributed by atoms with Gasteiger partial charge in [-0.3, -0.25) is 9.58 Å². The number of likely N-dealkylation sites (tertiary alicyclic amines) is 1. The maximum absolute atomic E-state index is 15.0. The second-order valence-corrected chi connectivity index (χ2v) is 8.73. The zero-order chi connectivity index (χ0) is 24.4. The molecule has 9 nitrogen and oxygen atoms in total. The molecule has 1 aromatic carbocycles. The first-order chi connectivity index (χ1) is 17.0. The molecule has 4 N–H and O–H groups in total. The Hall–Kier alpha value is -3.41. The number of benzene rings is 1. The number of alkyl halides is 1. The van der Waals surface area contributed by atoms with E-state index in [2.05, 4.69) is 20.1 Å². The Bertz CT molecular complexity index is 1290. The Morgan fingerprint density at radius 2 is 2.17 bits per heavy atom. The van der Waals surface area contributed by atoms with E-state index in [-0.39, 0.29) is 24.9 Å². The summed E-state index contributed by atoms with van der Waals surface area (Å²) in [4.78, 5) is 13.7. The van der Waals surface area contributed by atoms with E-state index in [1.807, 2.05) is 23.4 Å². The van der Waals surface area contributed by atoms with Gasteiger partial charge in [0, 0.05) is 55.6 Å². The standard InChI is InChI=1S/C24H27F2N7O2/c25-17-5-15(13-34)6-19(7-17)35-22-2-4-32(12-21(22)26)11-18(8-27)33-10-16(9-31-33)23-20-1-3-28-24(20)30-14-29-23/h1,3,5-7,9-10,14,18,21-22,34H,2,4,8,11-13,27H2,(H,28,29,30). The van der Waals surface area contributed by atoms with E-state index < -0.39 is 18.1 Å². The zero-order valence-corrected chi connectivity index (χ0v) is 19.0. The number of aromatic nitrogens is 5. The predicted molar refractivity (Wildman–Crippen MR) is 126 cm³/mol. The smallest absolute Gasteiger partial charge is 0.149 e. The van der Waals surface area contributed by atoms with Crippen LogP contribution in [0.5, 0.6) is 5.75 Å². The van der Waals surface area contributed by atoms with Crippen LogP contribution in [0.2, 0.25) is 0 Å². The van der Waals surface area contributed by atoms with Crippen LogP contribution in [-0.4, -0.2) is 73.2 Å². The highest BCUT2D eigenvalue weighted by Gasteiger charge is 2.32. The molecule has 184 valence electrons. The summed E-state index contributed by atoms with van der Waals surface area (Å²) in [5.74, 6) is -0.303. The van der Waals surface area contributed by atoms with Crippen LogP contribution in [0.3, 0.4) is 0 Å². The van der Waals surface area contributed by atoms with Gasteiger partial charge in [-0.1, -0.05) is 0 Å². The summed E-state index contributed by atoms with van der Waals surface area (Å²) in [6.07, 6.45) is 5.48. The number of nitrogens with zero attached hydrogens (tertiary/aromatic N) is 5. The maximum atomic E-state index is 15.0. The summed E-state index contributed by atoms with van der Waals surface area (Å²) in [5, 5.41) is 14.7. The van der Waals surface area contributed by atoms with E-state index in [1.165, 1.54) is 24.5 Å². The van der Waals surface area contributed by atoms with Gasteiger partial charge in [-0.15, -0.1) is 0 Å². The number of hydrogen-bond donors (Lipinski definition) is 3. The lowest BCUT2D eigenvalue weighted by Gasteiger charge is -2.36. The second-order valence-electron chi connectivity index (χ2n) is 8.73. The lowest BCUT2D eigenvalue weighted by atomic mass is 10.0. The lowest BCUT2D eigenvalue weighted by molar-refractivity contribution is 0.0169. The van der Waals surface area contributed by atoms with Gasteiger partial charge in [0.2, 0.25) is 0 Å². The van der Waals surface area contributed by atoms with Crippen molar-refractivity contribution in [1.82, 2.24) is 29.6 Å². The summed E-state index contributed by atoms with van der Waals surface area (Å²) in [6, 6.07) is 5.73. The topological polar surface area (TPSA) is 118 Å². The maximum Gasteiger partial charge on any atom is 0.149 e. The molecule has 3 aromatic heterocycles. The van der Waals surface area contributed by atoms with Crippen molar-refractivity contribution in [3.8, 4) is 17.0 Å². The number of rotatable bonds is 8. The van der Waals surface area contributed by atoms with Crippen molar-refractivity contribution < 1.29 is 18.6 Å². The average Bonchev–Trinajstić information content (AvgIpc) is 3.53. The zero-order valence-electron chi connectivity index (χ0n) is 19.0. The van der Waals surface area contributed by atoms with Gasteiger partial charge in [-0.2, -0.15) is 5.10 Å². The highest BCUT2D eigenvalue weighted by molar-refractivity contribution is 5.89. The summed E-state index contributed by atoms with van der Waals surface area (Å²) in [7, 11) is 0. The third-order valence-electron chi connectivity index (χ3n) is 6.31. The number of H-pyrrole nitrogens is 1. The van der Waals surface area contributed by atoms with Crippen molar-refractivity contribution in [3.63, 3.8) is 0 Å². The Morgan fingerprint density at radius 3 is 2.97 bits per heavy atom.